The number of urea groups is 1. The summed E-state index contributed by atoms with van der Waals surface area (Å²) in [7, 11) is 0. The molecule has 0 bridgehead atoms. The topological polar surface area (TPSA) is 69.7 Å². The molecule has 6 nitrogen and oxygen atoms in total. The Balaban J connectivity index is 1.58. The van der Waals surface area contributed by atoms with Crippen LogP contribution in [0.1, 0.15) is 38.5 Å². The Kier molecular flexibility index (Phi) is 3.16. The zero-order valence-electron chi connectivity index (χ0n) is 10.9. The molecule has 2 saturated heterocycles. The second-order valence-corrected chi connectivity index (χ2v) is 5.61. The van der Waals surface area contributed by atoms with E-state index in [9.17, 15) is 14.4 Å². The van der Waals surface area contributed by atoms with Crippen molar-refractivity contribution < 1.29 is 14.4 Å². The van der Waals surface area contributed by atoms with Crippen LogP contribution < -0.4 is 5.32 Å². The molecule has 1 N–H and O–H groups in total. The minimum atomic E-state index is -0.313. The number of fused-ring (bicyclic) bond motifs is 1. The van der Waals surface area contributed by atoms with Crippen LogP contribution in [0.15, 0.2) is 0 Å². The Labute approximate surface area is 112 Å². The van der Waals surface area contributed by atoms with Crippen molar-refractivity contribution in [2.75, 3.05) is 13.1 Å². The lowest BCUT2D eigenvalue weighted by molar-refractivity contribution is -0.132. The molecule has 2 aliphatic heterocycles. The minimum absolute atomic E-state index is 0.124. The number of hydrogen-bond donors (Lipinski definition) is 1. The molecule has 4 amide bonds. The van der Waals surface area contributed by atoms with Gasteiger partial charge >= 0.3 is 6.03 Å². The minimum Gasteiger partial charge on any atom is -0.352 e. The number of imide groups is 1. The molecule has 19 heavy (non-hydrogen) atoms. The molecule has 3 rings (SSSR count). The lowest BCUT2D eigenvalue weighted by Gasteiger charge is -2.17. The first-order valence-corrected chi connectivity index (χ1v) is 7.08. The van der Waals surface area contributed by atoms with Gasteiger partial charge in [0.05, 0.1) is 0 Å². The van der Waals surface area contributed by atoms with Gasteiger partial charge < -0.3 is 10.2 Å². The van der Waals surface area contributed by atoms with E-state index in [1.807, 2.05) is 0 Å². The van der Waals surface area contributed by atoms with Gasteiger partial charge in [-0.2, -0.15) is 0 Å². The van der Waals surface area contributed by atoms with Gasteiger partial charge in [0.1, 0.15) is 12.6 Å². The SMILES string of the molecule is O=C(CN1C(=O)[C@@H]2CCCN2C1=O)NC1CCCC1. The summed E-state index contributed by atoms with van der Waals surface area (Å²) in [5, 5.41) is 2.91. The summed E-state index contributed by atoms with van der Waals surface area (Å²) in [4.78, 5) is 38.7. The first-order chi connectivity index (χ1) is 9.16. The highest BCUT2D eigenvalue weighted by Crippen LogP contribution is 2.27. The van der Waals surface area contributed by atoms with Gasteiger partial charge in [-0.05, 0) is 25.7 Å². The van der Waals surface area contributed by atoms with Crippen molar-refractivity contribution in [3.05, 3.63) is 0 Å². The summed E-state index contributed by atoms with van der Waals surface area (Å²) in [5.74, 6) is -0.418. The number of carbonyl (C=O) groups excluding carboxylic acids is 3. The molecule has 3 fully saturated rings. The average Bonchev–Trinajstić information content (AvgIpc) is 3.07. The first kappa shape index (κ1) is 12.4. The monoisotopic (exact) mass is 265 g/mol. The zero-order chi connectivity index (χ0) is 13.4. The van der Waals surface area contributed by atoms with Crippen LogP contribution in [0, 0.1) is 0 Å². The van der Waals surface area contributed by atoms with Crippen LogP contribution in [0.2, 0.25) is 0 Å². The van der Waals surface area contributed by atoms with Crippen LogP contribution in [0.5, 0.6) is 0 Å². The molecule has 3 aliphatic rings. The highest BCUT2D eigenvalue weighted by Gasteiger charge is 2.47. The normalized spacial score (nSPS) is 27.3. The van der Waals surface area contributed by atoms with E-state index in [2.05, 4.69) is 5.32 Å². The quantitative estimate of drug-likeness (QED) is 0.754. The second kappa shape index (κ2) is 4.83. The fourth-order valence-corrected chi connectivity index (χ4v) is 3.31. The molecule has 0 aromatic carbocycles. The van der Waals surface area contributed by atoms with E-state index in [1.165, 1.54) is 0 Å². The number of hydrogen-bond acceptors (Lipinski definition) is 3. The predicted molar refractivity (Wildman–Crippen MR) is 67.2 cm³/mol. The fourth-order valence-electron chi connectivity index (χ4n) is 3.31. The molecule has 1 aliphatic carbocycles. The smallest absolute Gasteiger partial charge is 0.327 e. The van der Waals surface area contributed by atoms with E-state index in [4.69, 9.17) is 0 Å². The molecule has 0 radical (unpaired) electrons. The number of nitrogens with one attached hydrogen (secondary N) is 1. The van der Waals surface area contributed by atoms with Crippen molar-refractivity contribution >= 4 is 17.8 Å². The van der Waals surface area contributed by atoms with Gasteiger partial charge in [0.15, 0.2) is 0 Å². The Morgan fingerprint density at radius 3 is 2.58 bits per heavy atom. The molecule has 2 heterocycles. The Morgan fingerprint density at radius 2 is 1.89 bits per heavy atom. The maximum Gasteiger partial charge on any atom is 0.327 e. The summed E-state index contributed by atoms with van der Waals surface area (Å²) in [5.41, 5.74) is 0. The lowest BCUT2D eigenvalue weighted by atomic mass is 10.2. The van der Waals surface area contributed by atoms with Crippen LogP contribution in [-0.2, 0) is 9.59 Å². The summed E-state index contributed by atoms with van der Waals surface area (Å²) in [6.07, 6.45) is 5.89. The van der Waals surface area contributed by atoms with Crippen molar-refractivity contribution in [3.63, 3.8) is 0 Å². The maximum absolute atomic E-state index is 12.1. The third-order valence-electron chi connectivity index (χ3n) is 4.30. The van der Waals surface area contributed by atoms with Gasteiger partial charge in [-0.1, -0.05) is 12.8 Å². The van der Waals surface area contributed by atoms with Gasteiger partial charge in [0, 0.05) is 12.6 Å². The second-order valence-electron chi connectivity index (χ2n) is 5.61. The summed E-state index contributed by atoms with van der Waals surface area (Å²) in [6, 6.07) is -0.388. The van der Waals surface area contributed by atoms with E-state index in [0.717, 1.165) is 43.4 Å². The first-order valence-electron chi connectivity index (χ1n) is 7.08. The standard InChI is InChI=1S/C13H19N3O3/c17-11(14-9-4-1-2-5-9)8-16-12(18)10-6-3-7-15(10)13(16)19/h9-10H,1-8H2,(H,14,17)/t10-/m0/s1. The highest BCUT2D eigenvalue weighted by molar-refractivity contribution is 6.06. The van der Waals surface area contributed by atoms with E-state index in [1.54, 1.807) is 4.90 Å². The van der Waals surface area contributed by atoms with E-state index >= 15 is 0 Å². The maximum atomic E-state index is 12.1. The molecule has 104 valence electrons. The molecular formula is C13H19N3O3. The molecule has 1 saturated carbocycles. The third kappa shape index (κ3) is 2.19. The summed E-state index contributed by atoms with van der Waals surface area (Å²) < 4.78 is 0. The van der Waals surface area contributed by atoms with Gasteiger partial charge in [-0.3, -0.25) is 14.5 Å². The largest absolute Gasteiger partial charge is 0.352 e. The third-order valence-corrected chi connectivity index (χ3v) is 4.30. The van der Waals surface area contributed by atoms with Crippen LogP contribution in [0.3, 0.4) is 0 Å². The van der Waals surface area contributed by atoms with Crippen molar-refractivity contribution in [1.29, 1.82) is 0 Å². The summed E-state index contributed by atoms with van der Waals surface area (Å²) in [6.45, 7) is 0.511. The van der Waals surface area contributed by atoms with Crippen molar-refractivity contribution in [2.24, 2.45) is 0 Å². The molecule has 0 aromatic heterocycles. The molecule has 0 unspecified atom stereocenters. The molecule has 1 atom stereocenters. The van der Waals surface area contributed by atoms with E-state index in [-0.39, 0.29) is 36.5 Å². The average molecular weight is 265 g/mol. The Hall–Kier alpha value is -1.59. The number of amides is 4. The van der Waals surface area contributed by atoms with Gasteiger partial charge in [0.25, 0.3) is 5.91 Å². The van der Waals surface area contributed by atoms with Crippen LogP contribution in [-0.4, -0.2) is 52.8 Å². The van der Waals surface area contributed by atoms with Crippen molar-refractivity contribution in [2.45, 2.75) is 50.6 Å². The van der Waals surface area contributed by atoms with E-state index < -0.39 is 0 Å². The number of carbonyl (C=O) groups is 3. The lowest BCUT2D eigenvalue weighted by Crippen LogP contribution is -2.44. The predicted octanol–water partition coefficient (Wildman–Crippen LogP) is 0.472. The van der Waals surface area contributed by atoms with Gasteiger partial charge in [-0.25, -0.2) is 4.79 Å². The van der Waals surface area contributed by atoms with Gasteiger partial charge in [-0.15, -0.1) is 0 Å². The number of nitrogens with zero attached hydrogens (tertiary/aromatic N) is 2. The molecule has 0 aromatic rings. The molecule has 0 spiro atoms. The molecular weight excluding hydrogens is 246 g/mol. The van der Waals surface area contributed by atoms with E-state index in [0.29, 0.717) is 6.54 Å². The van der Waals surface area contributed by atoms with Crippen LogP contribution >= 0.6 is 0 Å². The van der Waals surface area contributed by atoms with Crippen molar-refractivity contribution in [3.8, 4) is 0 Å². The van der Waals surface area contributed by atoms with Gasteiger partial charge in [0.2, 0.25) is 5.91 Å². The zero-order valence-corrected chi connectivity index (χ0v) is 10.9. The molecule has 6 heteroatoms. The van der Waals surface area contributed by atoms with Crippen LogP contribution in [0.25, 0.3) is 0 Å². The fraction of sp³-hybridized carbons (Fsp3) is 0.769. The number of rotatable bonds is 3. The summed E-state index contributed by atoms with van der Waals surface area (Å²) >= 11 is 0. The van der Waals surface area contributed by atoms with Crippen molar-refractivity contribution in [1.82, 2.24) is 15.1 Å². The Bertz CT molecular complexity index is 395. The Morgan fingerprint density at radius 1 is 1.16 bits per heavy atom. The van der Waals surface area contributed by atoms with Crippen LogP contribution in [0.4, 0.5) is 4.79 Å². The highest BCUT2D eigenvalue weighted by atomic mass is 16.2.